The average Bonchev–Trinajstić information content (AvgIpc) is 3.40. The highest BCUT2D eigenvalue weighted by molar-refractivity contribution is 5.71. The zero-order chi connectivity index (χ0) is 56.2. The lowest BCUT2D eigenvalue weighted by Gasteiger charge is -2.25. The van der Waals surface area contributed by atoms with Crippen LogP contribution in [0.5, 0.6) is 0 Å². The van der Waals surface area contributed by atoms with Gasteiger partial charge in [-0.25, -0.2) is 4.79 Å². The number of carbonyl (C=O) groups is 3. The number of carboxylic acids is 1. The maximum atomic E-state index is 12.9. The molecule has 9 heteroatoms. The Balaban J connectivity index is 4.24. The highest BCUT2D eigenvalue weighted by Gasteiger charge is 2.25. The molecule has 2 atom stereocenters. The number of nitrogens with zero attached hydrogens (tertiary/aromatic N) is 1. The SMILES string of the molecule is CC/C=C\C/C=C\C/C=C\C/C=C\C/C=C\C/C=C\C/C=C\C/C=C\C/C=C\CCCCCCCCCCCC(=O)OC(COC(=O)CCCC/C=C\C/C=C\C/C=C\C/C=C\CC)COC(OCC[N+](C)(C)C)C(=O)O. The summed E-state index contributed by atoms with van der Waals surface area (Å²) in [5.41, 5.74) is 0. The monoisotopic (exact) mass is 1070 g/mol. The average molecular weight is 1070 g/mol. The van der Waals surface area contributed by atoms with Crippen LogP contribution in [0.3, 0.4) is 0 Å². The lowest BCUT2D eigenvalue weighted by atomic mass is 10.1. The molecule has 0 radical (unpaired) electrons. The van der Waals surface area contributed by atoms with Crippen LogP contribution >= 0.6 is 0 Å². The van der Waals surface area contributed by atoms with Crippen molar-refractivity contribution in [2.45, 2.75) is 206 Å². The van der Waals surface area contributed by atoms with E-state index in [9.17, 15) is 19.5 Å². The molecule has 0 saturated carbocycles. The second kappa shape index (κ2) is 57.1. The van der Waals surface area contributed by atoms with E-state index in [2.05, 4.69) is 172 Å². The Kier molecular flexibility index (Phi) is 53.3. The molecule has 2 unspecified atom stereocenters. The van der Waals surface area contributed by atoms with E-state index in [1.807, 2.05) is 21.1 Å². The first-order valence-electron chi connectivity index (χ1n) is 29.6. The maximum Gasteiger partial charge on any atom is 0.361 e. The molecule has 432 valence electrons. The van der Waals surface area contributed by atoms with Crippen LogP contribution in [0, 0.1) is 0 Å². The fraction of sp³-hybridized carbons (Fsp3) is 0.574. The van der Waals surface area contributed by atoms with Gasteiger partial charge in [-0.3, -0.25) is 9.59 Å². The summed E-state index contributed by atoms with van der Waals surface area (Å²) in [5, 5.41) is 9.69. The van der Waals surface area contributed by atoms with Gasteiger partial charge in [0.2, 0.25) is 0 Å². The smallest absolute Gasteiger partial charge is 0.361 e. The number of ether oxygens (including phenoxy) is 4. The minimum Gasteiger partial charge on any atom is -0.477 e. The fourth-order valence-electron chi connectivity index (χ4n) is 7.29. The van der Waals surface area contributed by atoms with E-state index in [1.165, 1.54) is 32.1 Å². The summed E-state index contributed by atoms with van der Waals surface area (Å²) in [7, 11) is 5.94. The van der Waals surface area contributed by atoms with E-state index in [4.69, 9.17) is 18.9 Å². The number of carboxylic acid groups (broad SMARTS) is 1. The van der Waals surface area contributed by atoms with E-state index < -0.39 is 30.3 Å². The fourth-order valence-corrected chi connectivity index (χ4v) is 7.29. The Morgan fingerprint density at radius 3 is 1.06 bits per heavy atom. The number of quaternary nitrogens is 1. The van der Waals surface area contributed by atoms with Crippen LogP contribution < -0.4 is 0 Å². The zero-order valence-corrected chi connectivity index (χ0v) is 49.0. The number of allylic oxidation sites excluding steroid dienone is 26. The van der Waals surface area contributed by atoms with Crippen molar-refractivity contribution in [2.24, 2.45) is 0 Å². The van der Waals surface area contributed by atoms with Crippen LogP contribution in [0.15, 0.2) is 158 Å². The molecular formula is C68H108NO8+. The molecular weight excluding hydrogens is 959 g/mol. The number of unbranched alkanes of at least 4 members (excludes halogenated alkanes) is 11. The van der Waals surface area contributed by atoms with Crippen molar-refractivity contribution >= 4 is 17.9 Å². The number of rotatable bonds is 52. The molecule has 0 rings (SSSR count). The predicted octanol–water partition coefficient (Wildman–Crippen LogP) is 17.8. The Bertz CT molecular complexity index is 1810. The molecule has 0 bridgehead atoms. The number of hydrogen-bond acceptors (Lipinski definition) is 7. The van der Waals surface area contributed by atoms with Gasteiger partial charge in [0.1, 0.15) is 13.2 Å². The van der Waals surface area contributed by atoms with Crippen LogP contribution in [0.1, 0.15) is 194 Å². The highest BCUT2D eigenvalue weighted by Crippen LogP contribution is 2.14. The maximum absolute atomic E-state index is 12.9. The van der Waals surface area contributed by atoms with Gasteiger partial charge in [-0.2, -0.15) is 0 Å². The zero-order valence-electron chi connectivity index (χ0n) is 49.0. The Labute approximate surface area is 470 Å². The summed E-state index contributed by atoms with van der Waals surface area (Å²) in [6.45, 7) is 4.56. The van der Waals surface area contributed by atoms with Crippen molar-refractivity contribution in [1.29, 1.82) is 0 Å². The quantitative estimate of drug-likeness (QED) is 0.0211. The molecule has 77 heavy (non-hydrogen) atoms. The van der Waals surface area contributed by atoms with E-state index in [1.54, 1.807) is 0 Å². The molecule has 0 amide bonds. The molecule has 1 N–H and O–H groups in total. The summed E-state index contributed by atoms with van der Waals surface area (Å²) in [5.74, 6) is -2.09. The normalized spacial score (nSPS) is 13.9. The van der Waals surface area contributed by atoms with Gasteiger partial charge in [-0.15, -0.1) is 0 Å². The van der Waals surface area contributed by atoms with E-state index in [0.29, 0.717) is 23.9 Å². The molecule has 9 nitrogen and oxygen atoms in total. The van der Waals surface area contributed by atoms with Crippen molar-refractivity contribution in [1.82, 2.24) is 0 Å². The summed E-state index contributed by atoms with van der Waals surface area (Å²) in [4.78, 5) is 37.4. The van der Waals surface area contributed by atoms with Gasteiger partial charge in [-0.1, -0.05) is 217 Å². The first-order chi connectivity index (χ1) is 37.6. The number of hydrogen-bond donors (Lipinski definition) is 1. The van der Waals surface area contributed by atoms with Crippen molar-refractivity contribution in [3.8, 4) is 0 Å². The molecule has 0 aromatic heterocycles. The highest BCUT2D eigenvalue weighted by atomic mass is 16.7. The van der Waals surface area contributed by atoms with Gasteiger partial charge in [0.15, 0.2) is 6.10 Å². The van der Waals surface area contributed by atoms with Crippen molar-refractivity contribution in [3.05, 3.63) is 158 Å². The standard InChI is InChI=1S/C68H107NO8/c1-6-8-10-12-14-16-18-20-22-23-24-25-26-27-28-29-30-31-32-33-34-35-36-37-38-39-40-41-42-43-45-47-49-51-53-55-57-59-66(71)77-64(63-76-68(67(72)73)74-61-60-69(3,4)5)62-75-65(70)58-56-54-52-50-48-46-44-21-19-17-15-13-11-9-7-2/h8-11,14-17,20-22,24-25,27-28,30-31,33-34,36-37,39-40,44,48,50,64,68H,6-7,12-13,18-19,23,26,29,32,35,38,41-43,45-47,49,51-63H2,1-5H3/p+1/b10-8-,11-9-,16-14-,17-15-,22-20-,25-24-,28-27-,31-30-,34-33-,37-36-,40-39-,44-21-,50-48-. The third-order valence-electron chi connectivity index (χ3n) is 11.8. The first kappa shape index (κ1) is 71.9. The molecule has 0 aromatic rings. The summed E-state index contributed by atoms with van der Waals surface area (Å²) < 4.78 is 22.8. The summed E-state index contributed by atoms with van der Waals surface area (Å²) in [6.07, 6.45) is 81.9. The minimum absolute atomic E-state index is 0.171. The molecule has 0 heterocycles. The number of esters is 2. The molecule has 0 aliphatic heterocycles. The molecule has 0 saturated heterocycles. The van der Waals surface area contributed by atoms with Crippen LogP contribution in [0.2, 0.25) is 0 Å². The molecule has 0 aromatic carbocycles. The van der Waals surface area contributed by atoms with Gasteiger partial charge in [0.25, 0.3) is 6.29 Å². The van der Waals surface area contributed by atoms with Crippen LogP contribution in [0.4, 0.5) is 0 Å². The molecule has 0 spiro atoms. The lowest BCUT2D eigenvalue weighted by molar-refractivity contribution is -0.870. The van der Waals surface area contributed by atoms with Gasteiger partial charge >= 0.3 is 17.9 Å². The van der Waals surface area contributed by atoms with Crippen molar-refractivity contribution < 1.29 is 42.9 Å². The minimum atomic E-state index is -1.53. The van der Waals surface area contributed by atoms with Crippen LogP contribution in [-0.4, -0.2) is 87.4 Å². The van der Waals surface area contributed by atoms with Crippen molar-refractivity contribution in [3.63, 3.8) is 0 Å². The van der Waals surface area contributed by atoms with Crippen molar-refractivity contribution in [2.75, 3.05) is 47.5 Å². The van der Waals surface area contributed by atoms with Gasteiger partial charge in [0, 0.05) is 12.8 Å². The Morgan fingerprint density at radius 2 is 0.701 bits per heavy atom. The third-order valence-corrected chi connectivity index (χ3v) is 11.8. The second-order valence-corrected chi connectivity index (χ2v) is 20.2. The summed E-state index contributed by atoms with van der Waals surface area (Å²) in [6, 6.07) is 0. The topological polar surface area (TPSA) is 108 Å². The van der Waals surface area contributed by atoms with Crippen LogP contribution in [0.25, 0.3) is 0 Å². The van der Waals surface area contributed by atoms with Gasteiger partial charge in [-0.05, 0) is 122 Å². The molecule has 0 fully saturated rings. The largest absolute Gasteiger partial charge is 0.477 e. The number of carbonyl (C=O) groups excluding carboxylic acids is 2. The van der Waals surface area contributed by atoms with E-state index >= 15 is 0 Å². The molecule has 0 aliphatic carbocycles. The van der Waals surface area contributed by atoms with E-state index in [-0.39, 0.29) is 32.7 Å². The first-order valence-corrected chi connectivity index (χ1v) is 29.6. The molecule has 0 aliphatic rings. The van der Waals surface area contributed by atoms with Gasteiger partial charge < -0.3 is 28.5 Å². The van der Waals surface area contributed by atoms with E-state index in [0.717, 1.165) is 122 Å². The summed E-state index contributed by atoms with van der Waals surface area (Å²) >= 11 is 0. The second-order valence-electron chi connectivity index (χ2n) is 20.2. The number of aliphatic carboxylic acids is 1. The van der Waals surface area contributed by atoms with Gasteiger partial charge in [0.05, 0.1) is 34.4 Å². The van der Waals surface area contributed by atoms with Crippen LogP contribution in [-0.2, 0) is 33.3 Å². The Morgan fingerprint density at radius 1 is 0.390 bits per heavy atom. The predicted molar refractivity (Wildman–Crippen MR) is 327 cm³/mol. The Hall–Kier alpha value is -5.09. The number of likely N-dealkylation sites (N-methyl/N-ethyl adjacent to an activating group) is 1. The third kappa shape index (κ3) is 58.4. The lowest BCUT2D eigenvalue weighted by Crippen LogP contribution is -2.40.